The van der Waals surface area contributed by atoms with Gasteiger partial charge in [-0.15, -0.1) is 16.9 Å². The summed E-state index contributed by atoms with van der Waals surface area (Å²) < 4.78 is 0. The van der Waals surface area contributed by atoms with E-state index in [1.54, 1.807) is 17.3 Å². The highest BCUT2D eigenvalue weighted by Gasteiger charge is 2.30. The highest BCUT2D eigenvalue weighted by molar-refractivity contribution is 7.99. The number of amides is 2. The fraction of sp³-hybridized carbons (Fsp3) is 0.438. The smallest absolute Gasteiger partial charge is 0.224 e. The summed E-state index contributed by atoms with van der Waals surface area (Å²) in [6.45, 7) is 1.45. The van der Waals surface area contributed by atoms with E-state index in [0.717, 1.165) is 16.5 Å². The Bertz CT molecular complexity index is 694. The minimum atomic E-state index is -0.168. The molecular formula is C16H20N6O2S. The summed E-state index contributed by atoms with van der Waals surface area (Å²) in [5, 5.41) is 14.0. The Morgan fingerprint density at radius 2 is 2.36 bits per heavy atom. The molecule has 1 fully saturated rings. The lowest BCUT2D eigenvalue weighted by molar-refractivity contribution is -0.138. The predicted octanol–water partition coefficient (Wildman–Crippen LogP) is 0.847. The van der Waals surface area contributed by atoms with Crippen LogP contribution in [0, 0.1) is 5.92 Å². The number of aromatic nitrogens is 4. The maximum Gasteiger partial charge on any atom is 0.224 e. The summed E-state index contributed by atoms with van der Waals surface area (Å²) >= 11 is 1.53. The maximum atomic E-state index is 12.4. The number of nitrogens with one attached hydrogen (secondary N) is 2. The summed E-state index contributed by atoms with van der Waals surface area (Å²) in [5.74, 6) is 0.635. The lowest BCUT2D eigenvalue weighted by atomic mass is 9.96. The first-order valence-corrected chi connectivity index (χ1v) is 9.15. The quantitative estimate of drug-likeness (QED) is 0.560. The molecule has 0 radical (unpaired) electrons. The molecule has 1 atom stereocenters. The van der Waals surface area contributed by atoms with Crippen molar-refractivity contribution < 1.29 is 9.59 Å². The largest absolute Gasteiger partial charge is 0.355 e. The zero-order valence-electron chi connectivity index (χ0n) is 13.7. The Morgan fingerprint density at radius 3 is 3.12 bits per heavy atom. The van der Waals surface area contributed by atoms with E-state index in [-0.39, 0.29) is 17.7 Å². The van der Waals surface area contributed by atoms with Gasteiger partial charge >= 0.3 is 0 Å². The topological polar surface area (TPSA) is 104 Å². The van der Waals surface area contributed by atoms with Crippen molar-refractivity contribution in [2.75, 3.05) is 18.8 Å². The van der Waals surface area contributed by atoms with E-state index >= 15 is 0 Å². The van der Waals surface area contributed by atoms with Gasteiger partial charge in [0.1, 0.15) is 5.03 Å². The van der Waals surface area contributed by atoms with Crippen molar-refractivity contribution in [3.63, 3.8) is 0 Å². The van der Waals surface area contributed by atoms with Gasteiger partial charge in [-0.1, -0.05) is 6.07 Å². The second-order valence-electron chi connectivity index (χ2n) is 5.78. The van der Waals surface area contributed by atoms with Gasteiger partial charge in [0.05, 0.1) is 24.4 Å². The van der Waals surface area contributed by atoms with Crippen molar-refractivity contribution in [1.82, 2.24) is 30.6 Å². The first-order chi connectivity index (χ1) is 12.2. The molecule has 1 aliphatic heterocycles. The average molecular weight is 360 g/mol. The van der Waals surface area contributed by atoms with Crippen LogP contribution in [0.1, 0.15) is 18.5 Å². The second kappa shape index (κ2) is 8.61. The van der Waals surface area contributed by atoms with Crippen molar-refractivity contribution in [1.29, 1.82) is 0 Å². The Kier molecular flexibility index (Phi) is 5.99. The molecule has 132 valence electrons. The molecule has 3 rings (SSSR count). The summed E-state index contributed by atoms with van der Waals surface area (Å²) in [7, 11) is 0. The van der Waals surface area contributed by atoms with Crippen molar-refractivity contribution >= 4 is 23.6 Å². The second-order valence-corrected chi connectivity index (χ2v) is 6.89. The van der Waals surface area contributed by atoms with Gasteiger partial charge in [0.15, 0.2) is 0 Å². The lowest BCUT2D eigenvalue weighted by Crippen LogP contribution is -2.45. The van der Waals surface area contributed by atoms with Crippen molar-refractivity contribution in [2.24, 2.45) is 5.92 Å². The fourth-order valence-electron chi connectivity index (χ4n) is 2.70. The van der Waals surface area contributed by atoms with Crippen LogP contribution in [0.5, 0.6) is 0 Å². The normalized spacial score (nSPS) is 17.5. The number of hydrogen-bond acceptors (Lipinski definition) is 6. The molecule has 0 bridgehead atoms. The molecule has 9 heteroatoms. The van der Waals surface area contributed by atoms with Crippen LogP contribution in [-0.2, 0) is 16.1 Å². The number of hydrogen-bond donors (Lipinski definition) is 2. The zero-order chi connectivity index (χ0) is 17.5. The van der Waals surface area contributed by atoms with Gasteiger partial charge in [0, 0.05) is 31.5 Å². The van der Waals surface area contributed by atoms with E-state index in [4.69, 9.17) is 0 Å². The van der Waals surface area contributed by atoms with Gasteiger partial charge in [-0.2, -0.15) is 10.3 Å². The molecule has 3 heterocycles. The summed E-state index contributed by atoms with van der Waals surface area (Å²) in [5.41, 5.74) is 0.834. The Morgan fingerprint density at radius 1 is 1.44 bits per heavy atom. The molecule has 0 aliphatic carbocycles. The van der Waals surface area contributed by atoms with E-state index in [9.17, 15) is 9.59 Å². The highest BCUT2D eigenvalue weighted by Crippen LogP contribution is 2.19. The molecule has 2 amide bonds. The minimum Gasteiger partial charge on any atom is -0.355 e. The van der Waals surface area contributed by atoms with Crippen LogP contribution in [-0.4, -0.2) is 56.0 Å². The molecule has 0 saturated carbocycles. The maximum absolute atomic E-state index is 12.4. The van der Waals surface area contributed by atoms with Crippen LogP contribution in [0.2, 0.25) is 0 Å². The lowest BCUT2D eigenvalue weighted by Gasteiger charge is -2.31. The first-order valence-electron chi connectivity index (χ1n) is 8.16. The third-order valence-corrected chi connectivity index (χ3v) is 4.89. The number of carbonyl (C=O) groups is 2. The van der Waals surface area contributed by atoms with Gasteiger partial charge in [0.25, 0.3) is 0 Å². The standard InChI is InChI=1S/C16H20N6O2S/c23-15-5-4-12(10-22(15)11-13-3-1-2-6-17-13)16(24)18-7-8-25-14-9-19-21-20-14/h1-3,6,9,12H,4-5,7-8,10-11H2,(H,18,24)(H,19,20,21)/t12-/m1/s1. The van der Waals surface area contributed by atoms with Crippen molar-refractivity contribution in [2.45, 2.75) is 24.4 Å². The molecular weight excluding hydrogens is 340 g/mol. The Hall–Kier alpha value is -2.42. The van der Waals surface area contributed by atoms with Crippen LogP contribution < -0.4 is 5.32 Å². The number of rotatable bonds is 7. The molecule has 8 nitrogen and oxygen atoms in total. The van der Waals surface area contributed by atoms with E-state index in [0.29, 0.717) is 32.5 Å². The van der Waals surface area contributed by atoms with Crippen LogP contribution in [0.15, 0.2) is 35.6 Å². The number of nitrogens with zero attached hydrogens (tertiary/aromatic N) is 4. The number of thioether (sulfide) groups is 1. The SMILES string of the molecule is O=C(NCCSc1cn[nH]n1)[C@@H]1CCC(=O)N(Cc2ccccn2)C1. The summed E-state index contributed by atoms with van der Waals surface area (Å²) in [4.78, 5) is 30.4. The molecule has 2 aromatic rings. The van der Waals surface area contributed by atoms with Crippen LogP contribution in [0.25, 0.3) is 0 Å². The summed E-state index contributed by atoms with van der Waals surface area (Å²) in [6, 6.07) is 5.63. The molecule has 0 spiro atoms. The van der Waals surface area contributed by atoms with Gasteiger partial charge in [-0.05, 0) is 18.6 Å². The van der Waals surface area contributed by atoms with Gasteiger partial charge < -0.3 is 10.2 Å². The molecule has 0 unspecified atom stereocenters. The van der Waals surface area contributed by atoms with E-state index in [1.165, 1.54) is 11.8 Å². The van der Waals surface area contributed by atoms with Crippen molar-refractivity contribution in [3.8, 4) is 0 Å². The number of carbonyl (C=O) groups excluding carboxylic acids is 2. The van der Waals surface area contributed by atoms with Gasteiger partial charge in [-0.25, -0.2) is 0 Å². The molecule has 0 aromatic carbocycles. The molecule has 1 aliphatic rings. The molecule has 25 heavy (non-hydrogen) atoms. The predicted molar refractivity (Wildman–Crippen MR) is 92.5 cm³/mol. The zero-order valence-corrected chi connectivity index (χ0v) is 14.5. The Labute approximate surface area is 149 Å². The number of H-pyrrole nitrogens is 1. The minimum absolute atomic E-state index is 0.000673. The molecule has 1 saturated heterocycles. The van der Waals surface area contributed by atoms with Gasteiger partial charge in [0.2, 0.25) is 11.8 Å². The van der Waals surface area contributed by atoms with Gasteiger partial charge in [-0.3, -0.25) is 14.6 Å². The van der Waals surface area contributed by atoms with Crippen LogP contribution >= 0.6 is 11.8 Å². The van der Waals surface area contributed by atoms with Crippen molar-refractivity contribution in [3.05, 3.63) is 36.3 Å². The van der Waals surface area contributed by atoms with E-state index in [1.807, 2.05) is 18.2 Å². The fourth-order valence-corrected chi connectivity index (χ4v) is 3.35. The Balaban J connectivity index is 1.45. The monoisotopic (exact) mass is 360 g/mol. The summed E-state index contributed by atoms with van der Waals surface area (Å²) in [6.07, 6.45) is 4.35. The first kappa shape index (κ1) is 17.4. The molecule has 2 aromatic heterocycles. The number of likely N-dealkylation sites (tertiary alicyclic amines) is 1. The third kappa shape index (κ3) is 5.02. The van der Waals surface area contributed by atoms with E-state index in [2.05, 4.69) is 25.7 Å². The van der Waals surface area contributed by atoms with E-state index < -0.39 is 0 Å². The highest BCUT2D eigenvalue weighted by atomic mass is 32.2. The average Bonchev–Trinajstić information content (AvgIpc) is 3.15. The third-order valence-electron chi connectivity index (χ3n) is 3.99. The van der Waals surface area contributed by atoms with Crippen LogP contribution in [0.3, 0.4) is 0 Å². The van der Waals surface area contributed by atoms with Crippen LogP contribution in [0.4, 0.5) is 0 Å². The molecule has 2 N–H and O–H groups in total. The number of pyridine rings is 1. The number of piperidine rings is 1. The number of aromatic amines is 1.